The van der Waals surface area contributed by atoms with Gasteiger partial charge in [0.1, 0.15) is 0 Å². The summed E-state index contributed by atoms with van der Waals surface area (Å²) < 4.78 is 2.84. The van der Waals surface area contributed by atoms with Gasteiger partial charge in [0, 0.05) is 14.8 Å². The Hall–Kier alpha value is -2.19. The predicted octanol–water partition coefficient (Wildman–Crippen LogP) is 3.95. The molecule has 7 heteroatoms. The number of rotatable bonds is 5. The Morgan fingerprint density at radius 2 is 1.88 bits per heavy atom. The standard InChI is InChI=1S/C18H14ClIN4O/c19-15-5-1-14(2-6-15)12-24-10-9-17(23-24)18(25)22-21-11-13-3-7-16(20)8-4-13/h1-11H,12H2,(H,22,25)/b21-11-. The number of aromatic nitrogens is 2. The van der Waals surface area contributed by atoms with Crippen molar-refractivity contribution in [3.8, 4) is 0 Å². The van der Waals surface area contributed by atoms with E-state index in [1.54, 1.807) is 23.2 Å². The van der Waals surface area contributed by atoms with Crippen molar-refractivity contribution in [2.24, 2.45) is 5.10 Å². The van der Waals surface area contributed by atoms with Gasteiger partial charge >= 0.3 is 0 Å². The molecule has 3 rings (SSSR count). The van der Waals surface area contributed by atoms with E-state index in [1.165, 1.54) is 0 Å². The van der Waals surface area contributed by atoms with Gasteiger partial charge in [-0.05, 0) is 64.0 Å². The molecule has 0 unspecified atom stereocenters. The lowest BCUT2D eigenvalue weighted by Crippen LogP contribution is -2.18. The van der Waals surface area contributed by atoms with E-state index in [9.17, 15) is 4.79 Å². The van der Waals surface area contributed by atoms with Gasteiger partial charge in [-0.3, -0.25) is 9.48 Å². The largest absolute Gasteiger partial charge is 0.291 e. The third-order valence-electron chi connectivity index (χ3n) is 3.38. The molecule has 0 bridgehead atoms. The molecule has 5 nitrogen and oxygen atoms in total. The molecule has 0 aliphatic carbocycles. The zero-order valence-corrected chi connectivity index (χ0v) is 16.0. The topological polar surface area (TPSA) is 59.3 Å². The van der Waals surface area contributed by atoms with Crippen LogP contribution in [-0.2, 0) is 6.54 Å². The average molecular weight is 465 g/mol. The molecule has 0 aliphatic heterocycles. The summed E-state index contributed by atoms with van der Waals surface area (Å²) in [6, 6.07) is 17.0. The summed E-state index contributed by atoms with van der Waals surface area (Å²) in [4.78, 5) is 12.1. The highest BCUT2D eigenvalue weighted by Crippen LogP contribution is 2.10. The minimum Gasteiger partial charge on any atom is -0.268 e. The number of nitrogens with one attached hydrogen (secondary N) is 1. The lowest BCUT2D eigenvalue weighted by Gasteiger charge is -2.02. The number of hydrazone groups is 1. The molecule has 0 aliphatic rings. The van der Waals surface area contributed by atoms with E-state index in [-0.39, 0.29) is 5.91 Å². The van der Waals surface area contributed by atoms with Crippen molar-refractivity contribution in [3.63, 3.8) is 0 Å². The maximum Gasteiger partial charge on any atom is 0.291 e. The fourth-order valence-corrected chi connectivity index (χ4v) is 2.60. The quantitative estimate of drug-likeness (QED) is 0.353. The van der Waals surface area contributed by atoms with Gasteiger partial charge in [0.2, 0.25) is 0 Å². The Balaban J connectivity index is 1.58. The van der Waals surface area contributed by atoms with E-state index in [4.69, 9.17) is 11.6 Å². The van der Waals surface area contributed by atoms with Gasteiger partial charge in [0.25, 0.3) is 5.91 Å². The lowest BCUT2D eigenvalue weighted by atomic mass is 10.2. The van der Waals surface area contributed by atoms with Crippen molar-refractivity contribution in [2.45, 2.75) is 6.54 Å². The second-order valence-corrected chi connectivity index (χ2v) is 6.96. The average Bonchev–Trinajstić information content (AvgIpc) is 3.07. The van der Waals surface area contributed by atoms with Crippen molar-refractivity contribution >= 4 is 46.3 Å². The number of hydrogen-bond acceptors (Lipinski definition) is 3. The summed E-state index contributed by atoms with van der Waals surface area (Å²) in [7, 11) is 0. The number of carbonyl (C=O) groups is 1. The summed E-state index contributed by atoms with van der Waals surface area (Å²) in [5.74, 6) is -0.350. The molecular formula is C18H14ClIN4O. The number of hydrogen-bond donors (Lipinski definition) is 1. The number of carbonyl (C=O) groups excluding carboxylic acids is 1. The minimum absolute atomic E-state index is 0.314. The summed E-state index contributed by atoms with van der Waals surface area (Å²) in [6.07, 6.45) is 3.35. The van der Waals surface area contributed by atoms with Crippen LogP contribution < -0.4 is 5.43 Å². The van der Waals surface area contributed by atoms with E-state index in [1.807, 2.05) is 48.5 Å². The van der Waals surface area contributed by atoms with Crippen LogP contribution in [0.5, 0.6) is 0 Å². The second kappa shape index (κ2) is 8.26. The number of nitrogens with zero attached hydrogens (tertiary/aromatic N) is 3. The minimum atomic E-state index is -0.350. The van der Waals surface area contributed by atoms with Gasteiger partial charge in [-0.25, -0.2) is 5.43 Å². The van der Waals surface area contributed by atoms with Crippen molar-refractivity contribution in [3.05, 3.63) is 86.2 Å². The molecule has 0 spiro atoms. The molecule has 0 radical (unpaired) electrons. The smallest absolute Gasteiger partial charge is 0.268 e. The van der Waals surface area contributed by atoms with Gasteiger partial charge < -0.3 is 0 Å². The maximum atomic E-state index is 12.1. The third kappa shape index (κ3) is 5.14. The first-order valence-electron chi connectivity index (χ1n) is 7.47. The van der Waals surface area contributed by atoms with Gasteiger partial charge in [-0.15, -0.1) is 0 Å². The number of halogens is 2. The summed E-state index contributed by atoms with van der Waals surface area (Å²) in [6.45, 7) is 0.566. The van der Waals surface area contributed by atoms with Crippen molar-refractivity contribution in [2.75, 3.05) is 0 Å². The SMILES string of the molecule is O=C(N/N=C\c1ccc(I)cc1)c1ccn(Cc2ccc(Cl)cc2)n1. The van der Waals surface area contributed by atoms with Crippen LogP contribution in [-0.4, -0.2) is 21.9 Å². The Morgan fingerprint density at radius 1 is 1.16 bits per heavy atom. The van der Waals surface area contributed by atoms with Crippen LogP contribution >= 0.6 is 34.2 Å². The third-order valence-corrected chi connectivity index (χ3v) is 4.35. The molecule has 0 fully saturated rings. The first kappa shape index (κ1) is 17.6. The van der Waals surface area contributed by atoms with Crippen LogP contribution in [0, 0.1) is 3.57 Å². The predicted molar refractivity (Wildman–Crippen MR) is 107 cm³/mol. The molecule has 1 amide bonds. The fraction of sp³-hybridized carbons (Fsp3) is 0.0556. The van der Waals surface area contributed by atoms with Crippen molar-refractivity contribution in [1.29, 1.82) is 0 Å². The Bertz CT molecular complexity index is 888. The van der Waals surface area contributed by atoms with Crippen LogP contribution in [0.3, 0.4) is 0 Å². The van der Waals surface area contributed by atoms with Crippen LogP contribution in [0.15, 0.2) is 65.9 Å². The van der Waals surface area contributed by atoms with Gasteiger partial charge in [0.05, 0.1) is 12.8 Å². The Labute approximate surface area is 163 Å². The monoisotopic (exact) mass is 464 g/mol. The van der Waals surface area contributed by atoms with E-state index < -0.39 is 0 Å². The molecule has 0 saturated heterocycles. The molecule has 1 heterocycles. The molecule has 3 aromatic rings. The lowest BCUT2D eigenvalue weighted by molar-refractivity contribution is 0.0949. The summed E-state index contributed by atoms with van der Waals surface area (Å²) in [5, 5.41) is 8.91. The highest BCUT2D eigenvalue weighted by atomic mass is 127. The summed E-state index contributed by atoms with van der Waals surface area (Å²) >= 11 is 8.10. The zero-order chi connectivity index (χ0) is 17.6. The Morgan fingerprint density at radius 3 is 2.60 bits per heavy atom. The van der Waals surface area contributed by atoms with Gasteiger partial charge in [0.15, 0.2) is 5.69 Å². The Kier molecular flexibility index (Phi) is 5.83. The van der Waals surface area contributed by atoms with Crippen molar-refractivity contribution in [1.82, 2.24) is 15.2 Å². The molecule has 1 aromatic heterocycles. The fourth-order valence-electron chi connectivity index (χ4n) is 2.12. The van der Waals surface area contributed by atoms with Crippen LogP contribution in [0.1, 0.15) is 21.6 Å². The number of amides is 1. The highest BCUT2D eigenvalue weighted by Gasteiger charge is 2.08. The molecule has 25 heavy (non-hydrogen) atoms. The first-order valence-corrected chi connectivity index (χ1v) is 8.93. The second-order valence-electron chi connectivity index (χ2n) is 5.28. The van der Waals surface area contributed by atoms with Crippen LogP contribution in [0.25, 0.3) is 0 Å². The van der Waals surface area contributed by atoms with E-state index in [2.05, 4.69) is 38.2 Å². The van der Waals surface area contributed by atoms with Gasteiger partial charge in [-0.2, -0.15) is 10.2 Å². The molecular weight excluding hydrogens is 451 g/mol. The van der Waals surface area contributed by atoms with Gasteiger partial charge in [-0.1, -0.05) is 35.9 Å². The van der Waals surface area contributed by atoms with E-state index >= 15 is 0 Å². The van der Waals surface area contributed by atoms with E-state index in [0.29, 0.717) is 17.3 Å². The molecule has 0 saturated carbocycles. The molecule has 126 valence electrons. The van der Waals surface area contributed by atoms with E-state index in [0.717, 1.165) is 14.7 Å². The van der Waals surface area contributed by atoms with Crippen molar-refractivity contribution < 1.29 is 4.79 Å². The number of benzene rings is 2. The molecule has 1 N–H and O–H groups in total. The zero-order valence-electron chi connectivity index (χ0n) is 13.1. The maximum absolute atomic E-state index is 12.1. The van der Waals surface area contributed by atoms with Crippen LogP contribution in [0.4, 0.5) is 0 Å². The highest BCUT2D eigenvalue weighted by molar-refractivity contribution is 14.1. The molecule has 0 atom stereocenters. The van der Waals surface area contributed by atoms with Crippen LogP contribution in [0.2, 0.25) is 5.02 Å². The molecule has 2 aromatic carbocycles. The first-order chi connectivity index (χ1) is 12.1. The summed E-state index contributed by atoms with van der Waals surface area (Å²) in [5.41, 5.74) is 4.76. The normalized spacial score (nSPS) is 11.0.